The Kier molecular flexibility index (Phi) is 5.01. The molecule has 37 heavy (non-hydrogen) atoms. The highest BCUT2D eigenvalue weighted by Crippen LogP contribution is 2.34. The Hall–Kier alpha value is -4.55. The number of thiazole rings is 1. The van der Waals surface area contributed by atoms with Gasteiger partial charge in [0.05, 0.1) is 16.8 Å². The predicted molar refractivity (Wildman–Crippen MR) is 149 cm³/mol. The topological polar surface area (TPSA) is 51.9 Å². The lowest BCUT2D eigenvalue weighted by molar-refractivity contribution is -0.657. The number of rotatable bonds is 4. The Labute approximate surface area is 216 Å². The van der Waals surface area contributed by atoms with Gasteiger partial charge in [0, 0.05) is 10.9 Å². The normalized spacial score (nSPS) is 11.6. The van der Waals surface area contributed by atoms with Crippen LogP contribution in [0.15, 0.2) is 112 Å². The van der Waals surface area contributed by atoms with Crippen LogP contribution in [0.25, 0.3) is 59.9 Å². The van der Waals surface area contributed by atoms with Crippen LogP contribution in [-0.2, 0) is 6.54 Å². The molecule has 0 atom stereocenters. The minimum absolute atomic E-state index is 0.354. The predicted octanol–water partition coefficient (Wildman–Crippen LogP) is 6.99. The molecule has 6 heteroatoms. The van der Waals surface area contributed by atoms with Crippen molar-refractivity contribution in [3.63, 3.8) is 0 Å². The van der Waals surface area contributed by atoms with Crippen LogP contribution >= 0.6 is 11.3 Å². The Bertz CT molecular complexity index is 1970. The zero-order valence-electron chi connectivity index (χ0n) is 20.1. The second-order valence-electron chi connectivity index (χ2n) is 8.91. The van der Waals surface area contributed by atoms with Crippen molar-refractivity contribution >= 4 is 43.6 Å². The molecule has 178 valence electrons. The quantitative estimate of drug-likeness (QED) is 0.193. The van der Waals surface area contributed by atoms with E-state index in [0.717, 1.165) is 48.7 Å². The fourth-order valence-corrected chi connectivity index (χ4v) is 6.01. The maximum Gasteiger partial charge on any atom is 0.352 e. The number of aryl methyl sites for hydroxylation is 1. The van der Waals surface area contributed by atoms with Crippen molar-refractivity contribution < 1.29 is 8.98 Å². The van der Waals surface area contributed by atoms with Gasteiger partial charge in [-0.2, -0.15) is 4.57 Å². The Balaban J connectivity index is 1.55. The number of fused-ring (bicyclic) bond motifs is 3. The van der Waals surface area contributed by atoms with Gasteiger partial charge in [0.25, 0.3) is 0 Å². The van der Waals surface area contributed by atoms with E-state index in [2.05, 4.69) is 52.5 Å². The molecule has 3 aromatic heterocycles. The number of nitrogens with zero attached hydrogens (tertiary/aromatic N) is 3. The molecule has 0 N–H and O–H groups in total. The summed E-state index contributed by atoms with van der Waals surface area (Å²) in [6, 6.07) is 34.3. The third-order valence-electron chi connectivity index (χ3n) is 6.73. The molecule has 0 saturated heterocycles. The van der Waals surface area contributed by atoms with Gasteiger partial charge in [-0.3, -0.25) is 0 Å². The highest BCUT2D eigenvalue weighted by Gasteiger charge is 2.30. The van der Waals surface area contributed by atoms with E-state index in [-0.39, 0.29) is 5.63 Å². The summed E-state index contributed by atoms with van der Waals surface area (Å²) < 4.78 is 11.3. The lowest BCUT2D eigenvalue weighted by Crippen LogP contribution is -2.35. The lowest BCUT2D eigenvalue weighted by atomic mass is 10.1. The van der Waals surface area contributed by atoms with Gasteiger partial charge in [0.1, 0.15) is 16.3 Å². The van der Waals surface area contributed by atoms with Crippen LogP contribution in [0.4, 0.5) is 0 Å². The van der Waals surface area contributed by atoms with Crippen LogP contribution < -0.4 is 10.2 Å². The number of aromatic nitrogens is 3. The maximum atomic E-state index is 13.3. The molecule has 0 aliphatic carbocycles. The summed E-state index contributed by atoms with van der Waals surface area (Å²) in [4.78, 5) is 18.2. The summed E-state index contributed by atoms with van der Waals surface area (Å²) in [5.74, 6) is 0.796. The van der Waals surface area contributed by atoms with Crippen LogP contribution in [0.3, 0.4) is 0 Å². The molecule has 0 unspecified atom stereocenters. The fraction of sp³-hybridized carbons (Fsp3) is 0.0645. The first kappa shape index (κ1) is 21.7. The molecule has 0 amide bonds. The molecule has 5 nitrogen and oxygen atoms in total. The van der Waals surface area contributed by atoms with Gasteiger partial charge in [-0.15, -0.1) is 11.3 Å². The maximum absolute atomic E-state index is 13.3. The third kappa shape index (κ3) is 3.49. The van der Waals surface area contributed by atoms with E-state index in [0.29, 0.717) is 17.7 Å². The van der Waals surface area contributed by atoms with Gasteiger partial charge < -0.3 is 4.42 Å². The summed E-state index contributed by atoms with van der Waals surface area (Å²) in [7, 11) is 0. The van der Waals surface area contributed by atoms with Crippen molar-refractivity contribution in [3.8, 4) is 27.6 Å². The summed E-state index contributed by atoms with van der Waals surface area (Å²) in [6.07, 6.45) is 0. The highest BCUT2D eigenvalue weighted by atomic mass is 32.1. The molecule has 0 saturated carbocycles. The van der Waals surface area contributed by atoms with E-state index < -0.39 is 0 Å². The molecule has 0 spiro atoms. The molecular formula is C31H22N3O2S+. The van der Waals surface area contributed by atoms with Crippen molar-refractivity contribution in [1.29, 1.82) is 0 Å². The van der Waals surface area contributed by atoms with Gasteiger partial charge in [-0.05, 0) is 61.5 Å². The van der Waals surface area contributed by atoms with Crippen LogP contribution in [-0.4, -0.2) is 9.55 Å². The number of imidazole rings is 1. The summed E-state index contributed by atoms with van der Waals surface area (Å²) in [6.45, 7) is 2.78. The van der Waals surface area contributed by atoms with E-state index in [9.17, 15) is 4.79 Å². The van der Waals surface area contributed by atoms with Gasteiger partial charge in [-0.1, -0.05) is 48.5 Å². The van der Waals surface area contributed by atoms with Crippen molar-refractivity contribution in [2.75, 3.05) is 0 Å². The van der Waals surface area contributed by atoms with Gasteiger partial charge in [0.2, 0.25) is 0 Å². The average Bonchev–Trinajstić information content (AvgIpc) is 3.52. The summed E-state index contributed by atoms with van der Waals surface area (Å²) in [5, 5.41) is 1.87. The third-order valence-corrected chi connectivity index (χ3v) is 7.81. The van der Waals surface area contributed by atoms with E-state index in [1.165, 1.54) is 0 Å². The number of hydrogen-bond donors (Lipinski definition) is 0. The zero-order chi connectivity index (χ0) is 24.9. The standard InChI is InChI=1S/C31H22N3O2S/c1-2-33-26-19-21(29-32-24-13-7-9-15-28(24)37-29)16-17-25(26)34(22-11-4-3-5-12-22)30(33)23-18-20-10-6-8-14-27(20)36-31(23)35/h3-19H,2H2,1H3/q+1. The molecule has 4 aromatic carbocycles. The van der Waals surface area contributed by atoms with Crippen molar-refractivity contribution in [1.82, 2.24) is 9.55 Å². The molecule has 7 aromatic rings. The molecule has 0 aliphatic heterocycles. The van der Waals surface area contributed by atoms with Gasteiger partial charge in [-0.25, -0.2) is 14.3 Å². The van der Waals surface area contributed by atoms with Gasteiger partial charge >= 0.3 is 11.4 Å². The van der Waals surface area contributed by atoms with Crippen LogP contribution in [0.2, 0.25) is 0 Å². The summed E-state index contributed by atoms with van der Waals surface area (Å²) in [5.41, 5.74) is 5.84. The second-order valence-corrected chi connectivity index (χ2v) is 9.95. The first-order chi connectivity index (χ1) is 18.2. The SMILES string of the molecule is CC[n+]1c(-c2cc3ccccc3oc2=O)n(-c2ccccc2)c2ccc(-c3nc4ccccc4s3)cc21. The number of benzene rings is 4. The van der Waals surface area contributed by atoms with Crippen LogP contribution in [0, 0.1) is 0 Å². The molecule has 0 aliphatic rings. The molecule has 3 heterocycles. The average molecular weight is 501 g/mol. The molecule has 0 bridgehead atoms. The Morgan fingerprint density at radius 1 is 0.892 bits per heavy atom. The largest absolute Gasteiger partial charge is 0.422 e. The van der Waals surface area contributed by atoms with E-state index in [1.807, 2.05) is 66.7 Å². The first-order valence-electron chi connectivity index (χ1n) is 12.2. The number of hydrogen-bond acceptors (Lipinski definition) is 4. The Morgan fingerprint density at radius 3 is 2.51 bits per heavy atom. The van der Waals surface area contributed by atoms with Crippen molar-refractivity contribution in [3.05, 3.63) is 114 Å². The Morgan fingerprint density at radius 2 is 1.68 bits per heavy atom. The summed E-state index contributed by atoms with van der Waals surface area (Å²) >= 11 is 1.69. The lowest BCUT2D eigenvalue weighted by Gasteiger charge is -2.05. The van der Waals surface area contributed by atoms with Crippen molar-refractivity contribution in [2.24, 2.45) is 0 Å². The molecule has 0 fully saturated rings. The fourth-order valence-electron chi connectivity index (χ4n) is 5.05. The van der Waals surface area contributed by atoms with Crippen LogP contribution in [0.1, 0.15) is 6.92 Å². The van der Waals surface area contributed by atoms with E-state index in [4.69, 9.17) is 9.40 Å². The van der Waals surface area contributed by atoms with E-state index >= 15 is 0 Å². The number of para-hydroxylation sites is 3. The van der Waals surface area contributed by atoms with Crippen molar-refractivity contribution in [2.45, 2.75) is 13.5 Å². The second kappa shape index (κ2) is 8.54. The van der Waals surface area contributed by atoms with Gasteiger partial charge in [0.15, 0.2) is 16.6 Å². The molecular weight excluding hydrogens is 478 g/mol. The van der Waals surface area contributed by atoms with Crippen LogP contribution in [0.5, 0.6) is 0 Å². The minimum atomic E-state index is -0.354. The van der Waals surface area contributed by atoms with E-state index in [1.54, 1.807) is 11.3 Å². The smallest absolute Gasteiger partial charge is 0.352 e. The first-order valence-corrected chi connectivity index (χ1v) is 13.1. The highest BCUT2D eigenvalue weighted by molar-refractivity contribution is 7.21. The zero-order valence-corrected chi connectivity index (χ0v) is 20.9. The minimum Gasteiger partial charge on any atom is -0.422 e. The molecule has 0 radical (unpaired) electrons. The molecule has 7 rings (SSSR count). The monoisotopic (exact) mass is 500 g/mol.